The number of carbonyl (C=O) groups is 1. The van der Waals surface area contributed by atoms with Crippen molar-refractivity contribution in [2.75, 3.05) is 6.54 Å². The van der Waals surface area contributed by atoms with E-state index in [1.54, 1.807) is 0 Å². The van der Waals surface area contributed by atoms with Gasteiger partial charge in [-0.25, -0.2) is 0 Å². The van der Waals surface area contributed by atoms with Gasteiger partial charge in [0, 0.05) is 6.54 Å². The molecule has 94 valence electrons. The molecule has 0 heterocycles. The summed E-state index contributed by atoms with van der Waals surface area (Å²) in [4.78, 5) is 11.9. The normalized spacial score (nSPS) is 31.4. The van der Waals surface area contributed by atoms with Gasteiger partial charge in [-0.1, -0.05) is 26.2 Å². The summed E-state index contributed by atoms with van der Waals surface area (Å²) in [5, 5.41) is 3.02. The van der Waals surface area contributed by atoms with Gasteiger partial charge in [-0.15, -0.1) is 12.4 Å². The first-order valence-electron chi connectivity index (χ1n) is 6.19. The number of rotatable bonds is 3. The van der Waals surface area contributed by atoms with Crippen LogP contribution in [0.3, 0.4) is 0 Å². The minimum absolute atomic E-state index is 0. The molecule has 1 amide bonds. The van der Waals surface area contributed by atoms with Crippen molar-refractivity contribution >= 4 is 18.3 Å². The van der Waals surface area contributed by atoms with Crippen molar-refractivity contribution in [3.63, 3.8) is 0 Å². The number of carbonyl (C=O) groups excluding carboxylic acids is 1. The Bertz CT molecular complexity index is 251. The molecule has 0 aliphatic heterocycles. The molecule has 2 fully saturated rings. The van der Waals surface area contributed by atoms with E-state index in [2.05, 4.69) is 12.2 Å². The highest BCUT2D eigenvalue weighted by atomic mass is 35.5. The van der Waals surface area contributed by atoms with Crippen LogP contribution in [0.4, 0.5) is 0 Å². The fourth-order valence-corrected chi connectivity index (χ4v) is 2.49. The van der Waals surface area contributed by atoms with E-state index in [1.807, 2.05) is 0 Å². The fourth-order valence-electron chi connectivity index (χ4n) is 2.49. The Balaban J connectivity index is 0.00000128. The fraction of sp³-hybridized carbons (Fsp3) is 0.917. The molecule has 0 aromatic rings. The van der Waals surface area contributed by atoms with E-state index in [0.717, 1.165) is 38.1 Å². The lowest BCUT2D eigenvalue weighted by atomic mass is 9.82. The lowest BCUT2D eigenvalue weighted by Gasteiger charge is -2.31. The maximum Gasteiger partial charge on any atom is 0.240 e. The maximum absolute atomic E-state index is 11.9. The lowest BCUT2D eigenvalue weighted by molar-refractivity contribution is -0.127. The molecular formula is C12H23ClN2O. The molecule has 0 aromatic heterocycles. The van der Waals surface area contributed by atoms with Gasteiger partial charge in [0.05, 0.1) is 5.54 Å². The summed E-state index contributed by atoms with van der Waals surface area (Å²) in [5.74, 6) is 1.59. The first kappa shape index (κ1) is 13.8. The van der Waals surface area contributed by atoms with Gasteiger partial charge >= 0.3 is 0 Å². The van der Waals surface area contributed by atoms with Crippen molar-refractivity contribution in [2.45, 2.75) is 51.0 Å². The Hall–Kier alpha value is -0.280. The van der Waals surface area contributed by atoms with Crippen LogP contribution in [-0.4, -0.2) is 18.0 Å². The molecule has 0 radical (unpaired) electrons. The summed E-state index contributed by atoms with van der Waals surface area (Å²) >= 11 is 0. The molecule has 2 aliphatic rings. The molecule has 4 heteroatoms. The van der Waals surface area contributed by atoms with Crippen LogP contribution in [0.2, 0.25) is 0 Å². The van der Waals surface area contributed by atoms with Crippen LogP contribution in [0.1, 0.15) is 45.4 Å². The summed E-state index contributed by atoms with van der Waals surface area (Å²) in [6, 6.07) is 0. The number of nitrogens with one attached hydrogen (secondary N) is 1. The van der Waals surface area contributed by atoms with Crippen LogP contribution in [0, 0.1) is 11.8 Å². The van der Waals surface area contributed by atoms with Crippen molar-refractivity contribution in [1.82, 2.24) is 5.32 Å². The summed E-state index contributed by atoms with van der Waals surface area (Å²) in [6.07, 6.45) is 6.41. The van der Waals surface area contributed by atoms with E-state index in [-0.39, 0.29) is 18.3 Å². The van der Waals surface area contributed by atoms with E-state index in [4.69, 9.17) is 5.73 Å². The van der Waals surface area contributed by atoms with E-state index < -0.39 is 5.54 Å². The molecule has 2 rings (SSSR count). The van der Waals surface area contributed by atoms with Crippen molar-refractivity contribution in [3.05, 3.63) is 0 Å². The zero-order valence-electron chi connectivity index (χ0n) is 10.00. The Kier molecular flexibility index (Phi) is 4.62. The topological polar surface area (TPSA) is 55.1 Å². The van der Waals surface area contributed by atoms with Crippen LogP contribution in [0.25, 0.3) is 0 Å². The molecule has 2 atom stereocenters. The summed E-state index contributed by atoms with van der Waals surface area (Å²) < 4.78 is 0. The molecule has 3 nitrogen and oxygen atoms in total. The zero-order valence-corrected chi connectivity index (χ0v) is 10.8. The second kappa shape index (κ2) is 5.37. The second-order valence-corrected chi connectivity index (χ2v) is 5.40. The van der Waals surface area contributed by atoms with Gasteiger partial charge in [0.25, 0.3) is 0 Å². The molecule has 0 spiro atoms. The van der Waals surface area contributed by atoms with E-state index in [1.165, 1.54) is 12.8 Å². The zero-order chi connectivity index (χ0) is 10.9. The Morgan fingerprint density at radius 1 is 1.38 bits per heavy atom. The molecule has 0 saturated heterocycles. The Labute approximate surface area is 104 Å². The van der Waals surface area contributed by atoms with Crippen molar-refractivity contribution < 1.29 is 4.79 Å². The predicted octanol–water partition coefficient (Wildman–Crippen LogP) is 1.84. The molecule has 0 bridgehead atoms. The van der Waals surface area contributed by atoms with E-state index >= 15 is 0 Å². The highest BCUT2D eigenvalue weighted by Gasteiger charge is 2.37. The molecule has 2 saturated carbocycles. The van der Waals surface area contributed by atoms with Gasteiger partial charge in [0.2, 0.25) is 5.91 Å². The predicted molar refractivity (Wildman–Crippen MR) is 67.5 cm³/mol. The molecular weight excluding hydrogens is 224 g/mol. The monoisotopic (exact) mass is 246 g/mol. The first-order chi connectivity index (χ1) is 7.12. The first-order valence-corrected chi connectivity index (χ1v) is 6.19. The van der Waals surface area contributed by atoms with Gasteiger partial charge in [0.15, 0.2) is 0 Å². The minimum atomic E-state index is -0.559. The third kappa shape index (κ3) is 3.11. The average Bonchev–Trinajstić information content (AvgIpc) is 2.92. The average molecular weight is 247 g/mol. The van der Waals surface area contributed by atoms with Crippen LogP contribution in [0.15, 0.2) is 0 Å². The second-order valence-electron chi connectivity index (χ2n) is 5.40. The van der Waals surface area contributed by atoms with Crippen molar-refractivity contribution in [1.29, 1.82) is 0 Å². The molecule has 2 aliphatic carbocycles. The van der Waals surface area contributed by atoms with Crippen LogP contribution < -0.4 is 11.1 Å². The lowest BCUT2D eigenvalue weighted by Crippen LogP contribution is -2.55. The summed E-state index contributed by atoms with van der Waals surface area (Å²) in [6.45, 7) is 3.06. The molecule has 16 heavy (non-hydrogen) atoms. The highest BCUT2D eigenvalue weighted by molar-refractivity contribution is 5.86. The number of halogens is 1. The number of hydrogen-bond donors (Lipinski definition) is 2. The quantitative estimate of drug-likeness (QED) is 0.799. The Morgan fingerprint density at radius 2 is 1.94 bits per heavy atom. The van der Waals surface area contributed by atoms with Crippen LogP contribution in [-0.2, 0) is 4.79 Å². The number of amides is 1. The van der Waals surface area contributed by atoms with Crippen LogP contribution in [0.5, 0.6) is 0 Å². The molecule has 3 N–H and O–H groups in total. The maximum atomic E-state index is 11.9. The number of hydrogen-bond acceptors (Lipinski definition) is 2. The van der Waals surface area contributed by atoms with Gasteiger partial charge < -0.3 is 11.1 Å². The summed E-state index contributed by atoms with van der Waals surface area (Å²) in [5.41, 5.74) is 5.57. The van der Waals surface area contributed by atoms with Gasteiger partial charge in [0.1, 0.15) is 0 Å². The minimum Gasteiger partial charge on any atom is -0.354 e. The van der Waals surface area contributed by atoms with Gasteiger partial charge in [-0.3, -0.25) is 4.79 Å². The van der Waals surface area contributed by atoms with Crippen molar-refractivity contribution in [2.24, 2.45) is 17.6 Å². The Morgan fingerprint density at radius 3 is 2.44 bits per heavy atom. The molecule has 2 unspecified atom stereocenters. The highest BCUT2D eigenvalue weighted by Crippen LogP contribution is 2.37. The molecule has 0 aromatic carbocycles. The van der Waals surface area contributed by atoms with Crippen LogP contribution >= 0.6 is 12.4 Å². The summed E-state index contributed by atoms with van der Waals surface area (Å²) in [7, 11) is 0. The third-order valence-corrected chi connectivity index (χ3v) is 4.00. The standard InChI is InChI=1S/C12H22N2O.ClH/c1-9-7-10(9)8-14-11(15)12(13)5-3-2-4-6-12;/h9-10H,2-8,13H2,1H3,(H,14,15);1H. The largest absolute Gasteiger partial charge is 0.354 e. The smallest absolute Gasteiger partial charge is 0.240 e. The number of nitrogens with two attached hydrogens (primary N) is 1. The SMILES string of the molecule is CC1CC1CNC(=O)C1(N)CCCCC1.Cl. The van der Waals surface area contributed by atoms with Gasteiger partial charge in [-0.2, -0.15) is 0 Å². The third-order valence-electron chi connectivity index (χ3n) is 4.00. The van der Waals surface area contributed by atoms with Crippen molar-refractivity contribution in [3.8, 4) is 0 Å². The van der Waals surface area contributed by atoms with Gasteiger partial charge in [-0.05, 0) is 31.1 Å². The van der Waals surface area contributed by atoms with E-state index in [9.17, 15) is 4.79 Å². The van der Waals surface area contributed by atoms with E-state index in [0.29, 0.717) is 5.92 Å².